The molecular weight excluding hydrogens is 329 g/mol. The molecule has 1 aromatic heterocycles. The third kappa shape index (κ3) is 3.42. The van der Waals surface area contributed by atoms with Gasteiger partial charge in [-0.3, -0.25) is 4.79 Å². The molecule has 0 saturated carbocycles. The maximum Gasteiger partial charge on any atom is 0.193 e. The Bertz CT molecular complexity index is 567. The van der Waals surface area contributed by atoms with Gasteiger partial charge in [0.05, 0.1) is 11.4 Å². The highest BCUT2D eigenvalue weighted by Crippen LogP contribution is 2.24. The van der Waals surface area contributed by atoms with Crippen molar-refractivity contribution in [3.63, 3.8) is 0 Å². The van der Waals surface area contributed by atoms with Crippen LogP contribution in [0.1, 0.15) is 16.6 Å². The van der Waals surface area contributed by atoms with Gasteiger partial charge < -0.3 is 4.90 Å². The lowest BCUT2D eigenvalue weighted by Gasteiger charge is -2.22. The highest BCUT2D eigenvalue weighted by atomic mass is 79.9. The summed E-state index contributed by atoms with van der Waals surface area (Å²) in [7, 11) is 0. The van der Waals surface area contributed by atoms with Gasteiger partial charge in [-0.15, -0.1) is 11.3 Å². The fraction of sp³-hybridized carbons (Fsp3) is 0.214. The van der Waals surface area contributed by atoms with Crippen LogP contribution in [-0.4, -0.2) is 18.9 Å². The van der Waals surface area contributed by atoms with Crippen molar-refractivity contribution in [3.05, 3.63) is 50.9 Å². The van der Waals surface area contributed by atoms with Gasteiger partial charge in [0.25, 0.3) is 0 Å². The molecule has 0 aliphatic heterocycles. The van der Waals surface area contributed by atoms with E-state index in [4.69, 9.17) is 0 Å². The van der Waals surface area contributed by atoms with E-state index in [9.17, 15) is 9.18 Å². The van der Waals surface area contributed by atoms with Crippen LogP contribution in [0.4, 0.5) is 10.1 Å². The molecule has 0 unspecified atom stereocenters. The van der Waals surface area contributed by atoms with Gasteiger partial charge in [-0.05, 0) is 58.6 Å². The number of halogens is 2. The van der Waals surface area contributed by atoms with Crippen LogP contribution >= 0.6 is 27.3 Å². The van der Waals surface area contributed by atoms with E-state index in [1.54, 1.807) is 12.1 Å². The number of rotatable bonds is 5. The second kappa shape index (κ2) is 6.30. The van der Waals surface area contributed by atoms with Crippen LogP contribution in [0, 0.1) is 5.82 Å². The summed E-state index contributed by atoms with van der Waals surface area (Å²) in [6.45, 7) is 2.96. The number of nitrogens with zero attached hydrogens (tertiary/aromatic N) is 1. The number of hydrogen-bond acceptors (Lipinski definition) is 3. The Balaban J connectivity index is 2.13. The molecule has 0 amide bonds. The molecule has 0 bridgehead atoms. The molecule has 0 fully saturated rings. The lowest BCUT2D eigenvalue weighted by molar-refractivity contribution is 0.100. The number of Topliss-reactive ketones (excluding diaryl/α,β-unsaturated/α-hetero) is 1. The largest absolute Gasteiger partial charge is 0.364 e. The molecule has 0 aliphatic rings. The molecule has 0 aliphatic carbocycles. The fourth-order valence-corrected chi connectivity index (χ4v) is 3.30. The van der Waals surface area contributed by atoms with Gasteiger partial charge in [-0.2, -0.15) is 0 Å². The molecule has 0 saturated heterocycles. The molecule has 0 spiro atoms. The van der Waals surface area contributed by atoms with Crippen molar-refractivity contribution in [2.24, 2.45) is 0 Å². The van der Waals surface area contributed by atoms with E-state index in [1.165, 1.54) is 23.5 Å². The number of ketones is 1. The zero-order valence-corrected chi connectivity index (χ0v) is 12.8. The van der Waals surface area contributed by atoms with Crippen molar-refractivity contribution in [3.8, 4) is 0 Å². The second-order valence-corrected chi connectivity index (χ2v) is 5.78. The average molecular weight is 342 g/mol. The standard InChI is InChI=1S/C14H13BrFNOS/c1-2-17(11-5-3-10(16)4-6-11)9-13(18)14-12(15)7-8-19-14/h3-8H,2,9H2,1H3. The van der Waals surface area contributed by atoms with Crippen LogP contribution in [-0.2, 0) is 0 Å². The number of likely N-dealkylation sites (N-methyl/N-ethyl adjacent to an activating group) is 1. The number of benzene rings is 1. The second-order valence-electron chi connectivity index (χ2n) is 4.01. The lowest BCUT2D eigenvalue weighted by atomic mass is 10.2. The molecule has 100 valence electrons. The number of hydrogen-bond donors (Lipinski definition) is 0. The molecule has 0 atom stereocenters. The summed E-state index contributed by atoms with van der Waals surface area (Å²) in [6, 6.07) is 8.06. The summed E-state index contributed by atoms with van der Waals surface area (Å²) in [4.78, 5) is 14.8. The predicted octanol–water partition coefficient (Wildman–Crippen LogP) is 4.36. The minimum absolute atomic E-state index is 0.0630. The monoisotopic (exact) mass is 341 g/mol. The predicted molar refractivity (Wildman–Crippen MR) is 80.6 cm³/mol. The summed E-state index contributed by atoms with van der Waals surface area (Å²) in [5.74, 6) is -0.208. The van der Waals surface area contributed by atoms with Gasteiger partial charge >= 0.3 is 0 Å². The first kappa shape index (κ1) is 14.2. The van der Waals surface area contributed by atoms with Crippen molar-refractivity contribution in [2.45, 2.75) is 6.92 Å². The Morgan fingerprint density at radius 3 is 2.53 bits per heavy atom. The van der Waals surface area contributed by atoms with E-state index in [0.29, 0.717) is 13.1 Å². The fourth-order valence-electron chi connectivity index (χ4n) is 1.78. The molecule has 0 radical (unpaired) electrons. The highest BCUT2D eigenvalue weighted by molar-refractivity contribution is 9.10. The number of thiophene rings is 1. The maximum absolute atomic E-state index is 12.9. The van der Waals surface area contributed by atoms with E-state index in [-0.39, 0.29) is 11.6 Å². The van der Waals surface area contributed by atoms with Crippen molar-refractivity contribution < 1.29 is 9.18 Å². The number of carbonyl (C=O) groups excluding carboxylic acids is 1. The van der Waals surface area contributed by atoms with E-state index < -0.39 is 0 Å². The van der Waals surface area contributed by atoms with Crippen LogP contribution in [0.25, 0.3) is 0 Å². The quantitative estimate of drug-likeness (QED) is 0.753. The third-order valence-electron chi connectivity index (χ3n) is 2.78. The van der Waals surface area contributed by atoms with Gasteiger partial charge in [0, 0.05) is 16.7 Å². The highest BCUT2D eigenvalue weighted by Gasteiger charge is 2.15. The molecule has 0 N–H and O–H groups in total. The molecule has 2 rings (SSSR count). The van der Waals surface area contributed by atoms with Gasteiger partial charge in [-0.1, -0.05) is 0 Å². The third-order valence-corrected chi connectivity index (χ3v) is 4.66. The summed E-state index contributed by atoms with van der Waals surface area (Å²) in [5, 5.41) is 1.88. The van der Waals surface area contributed by atoms with Gasteiger partial charge in [-0.25, -0.2) is 4.39 Å². The lowest BCUT2D eigenvalue weighted by Crippen LogP contribution is -2.29. The summed E-state index contributed by atoms with van der Waals surface area (Å²) >= 11 is 4.79. The Labute approximate surface area is 124 Å². The molecule has 2 aromatic rings. The Morgan fingerprint density at radius 2 is 2.00 bits per heavy atom. The Kier molecular flexibility index (Phi) is 4.71. The van der Waals surface area contributed by atoms with Gasteiger partial charge in [0.2, 0.25) is 0 Å². The van der Waals surface area contributed by atoms with Crippen LogP contribution in [0.2, 0.25) is 0 Å². The molecule has 2 nitrogen and oxygen atoms in total. The number of anilines is 1. The molecule has 5 heteroatoms. The molecule has 1 heterocycles. The van der Waals surface area contributed by atoms with E-state index in [2.05, 4.69) is 15.9 Å². The SMILES string of the molecule is CCN(CC(=O)c1sccc1Br)c1ccc(F)cc1. The Hall–Kier alpha value is -1.20. The maximum atomic E-state index is 12.9. The molecular formula is C14H13BrFNOS. The van der Waals surface area contributed by atoms with Gasteiger partial charge in [0.15, 0.2) is 5.78 Å². The first-order valence-corrected chi connectivity index (χ1v) is 7.55. The first-order valence-electron chi connectivity index (χ1n) is 5.88. The normalized spacial score (nSPS) is 10.5. The van der Waals surface area contributed by atoms with Crippen molar-refractivity contribution in [1.82, 2.24) is 0 Å². The molecule has 1 aromatic carbocycles. The van der Waals surface area contributed by atoms with Crippen molar-refractivity contribution in [2.75, 3.05) is 18.0 Å². The summed E-state index contributed by atoms with van der Waals surface area (Å²) in [5.41, 5.74) is 0.852. The minimum Gasteiger partial charge on any atom is -0.364 e. The van der Waals surface area contributed by atoms with Crippen LogP contribution in [0.15, 0.2) is 40.2 Å². The van der Waals surface area contributed by atoms with Crippen LogP contribution < -0.4 is 4.90 Å². The zero-order valence-electron chi connectivity index (χ0n) is 10.4. The van der Waals surface area contributed by atoms with E-state index >= 15 is 0 Å². The average Bonchev–Trinajstić information content (AvgIpc) is 2.83. The van der Waals surface area contributed by atoms with Crippen LogP contribution in [0.5, 0.6) is 0 Å². The Morgan fingerprint density at radius 1 is 1.32 bits per heavy atom. The number of carbonyl (C=O) groups is 1. The minimum atomic E-state index is -0.271. The molecule has 19 heavy (non-hydrogen) atoms. The first-order chi connectivity index (χ1) is 9.11. The van der Waals surface area contributed by atoms with E-state index in [1.807, 2.05) is 23.3 Å². The van der Waals surface area contributed by atoms with Gasteiger partial charge in [0.1, 0.15) is 5.82 Å². The zero-order chi connectivity index (χ0) is 13.8. The van der Waals surface area contributed by atoms with E-state index in [0.717, 1.165) is 15.0 Å². The summed E-state index contributed by atoms with van der Waals surface area (Å²) < 4.78 is 13.7. The van der Waals surface area contributed by atoms with Crippen LogP contribution in [0.3, 0.4) is 0 Å². The summed E-state index contributed by atoms with van der Waals surface area (Å²) in [6.07, 6.45) is 0. The van der Waals surface area contributed by atoms with Crippen molar-refractivity contribution in [1.29, 1.82) is 0 Å². The topological polar surface area (TPSA) is 20.3 Å². The smallest absolute Gasteiger partial charge is 0.193 e. The van der Waals surface area contributed by atoms with Crippen molar-refractivity contribution >= 4 is 38.7 Å².